The van der Waals surface area contributed by atoms with Gasteiger partial charge in [-0.05, 0) is 49.3 Å². The number of hydrogen-bond acceptors (Lipinski definition) is 7. The number of aromatic nitrogens is 4. The fourth-order valence-corrected chi connectivity index (χ4v) is 6.02. The lowest BCUT2D eigenvalue weighted by Crippen LogP contribution is -2.48. The van der Waals surface area contributed by atoms with Crippen LogP contribution in [-0.2, 0) is 13.6 Å². The second-order valence-electron chi connectivity index (χ2n) is 12.6. The molecule has 196 valence electrons. The van der Waals surface area contributed by atoms with Crippen LogP contribution in [0.3, 0.4) is 0 Å². The van der Waals surface area contributed by atoms with E-state index in [0.717, 1.165) is 0 Å². The molecule has 3 heterocycles. The predicted molar refractivity (Wildman–Crippen MR) is 148 cm³/mol. The summed E-state index contributed by atoms with van der Waals surface area (Å²) in [6.07, 6.45) is 5.78. The van der Waals surface area contributed by atoms with Crippen LogP contribution in [0.1, 0.15) is 66.8 Å². The molecule has 35 heavy (non-hydrogen) atoms. The summed E-state index contributed by atoms with van der Waals surface area (Å²) < 4.78 is 22.1. The van der Waals surface area contributed by atoms with Gasteiger partial charge in [-0.2, -0.15) is 4.98 Å². The summed E-state index contributed by atoms with van der Waals surface area (Å²) >= 11 is 0. The van der Waals surface area contributed by atoms with Gasteiger partial charge in [-0.15, -0.1) is 0 Å². The minimum absolute atomic E-state index is 0.0719. The molecule has 0 unspecified atom stereocenters. The van der Waals surface area contributed by atoms with Crippen molar-refractivity contribution in [2.45, 2.75) is 110 Å². The van der Waals surface area contributed by atoms with E-state index in [1.54, 1.807) is 6.33 Å². The minimum Gasteiger partial charge on any atom is -0.414 e. The lowest BCUT2D eigenvalue weighted by molar-refractivity contribution is -0.0383. The summed E-state index contributed by atoms with van der Waals surface area (Å²) in [5.41, 5.74) is 8.12. The summed E-state index contributed by atoms with van der Waals surface area (Å²) in [5.74, 6) is 0.220. The van der Waals surface area contributed by atoms with Crippen LogP contribution in [0.15, 0.2) is 12.4 Å². The first kappa shape index (κ1) is 28.0. The maximum Gasteiger partial charge on any atom is 0.222 e. The van der Waals surface area contributed by atoms with E-state index in [1.165, 1.54) is 0 Å². The topological polar surface area (TPSA) is 97.3 Å². The molecule has 0 amide bonds. The molecule has 0 bridgehead atoms. The van der Waals surface area contributed by atoms with Crippen molar-refractivity contribution >= 4 is 39.8 Å². The van der Waals surface area contributed by atoms with Crippen molar-refractivity contribution in [1.29, 1.82) is 0 Å². The van der Waals surface area contributed by atoms with Gasteiger partial charge in [-0.3, -0.25) is 4.57 Å². The van der Waals surface area contributed by atoms with E-state index < -0.39 is 16.6 Å². The summed E-state index contributed by atoms with van der Waals surface area (Å²) in [5, 5.41) is 0.222. The zero-order valence-corrected chi connectivity index (χ0v) is 25.5. The van der Waals surface area contributed by atoms with E-state index in [0.29, 0.717) is 29.9 Å². The smallest absolute Gasteiger partial charge is 0.222 e. The Kier molecular flexibility index (Phi) is 7.75. The highest BCUT2D eigenvalue weighted by molar-refractivity contribution is 6.74. The Balaban J connectivity index is 1.93. The molecule has 2 aromatic rings. The Hall–Kier alpha value is -1.60. The van der Waals surface area contributed by atoms with Crippen molar-refractivity contribution in [2.24, 2.45) is 0 Å². The largest absolute Gasteiger partial charge is 0.414 e. The first-order valence-electron chi connectivity index (χ1n) is 12.6. The molecule has 3 atom stereocenters. The molecule has 2 N–H and O–H groups in total. The average Bonchev–Trinajstić information content (AvgIpc) is 3.28. The zero-order chi connectivity index (χ0) is 26.4. The van der Waals surface area contributed by atoms with Crippen LogP contribution in [0.4, 0.5) is 5.95 Å². The molecule has 0 aliphatic carbocycles. The van der Waals surface area contributed by atoms with E-state index >= 15 is 0 Å². The number of nitrogen functional groups attached to an aromatic ring is 1. The standard InChI is InChI=1S/C25H45N5O3Si2/c1-12-13-17-21-22(29-23(26)28-17)30(16-27-21)20-14-18(33-35(10,11)25(5,6)7)19(32-20)15-31-34(8,9)24(2,3)4/h12-13,16,18-20H,14-15H2,1-11H3,(H2,26,28,29)/b13-12-/t18-,19+,20+/m0/s1. The van der Waals surface area contributed by atoms with Gasteiger partial charge in [-0.25, -0.2) is 9.97 Å². The highest BCUT2D eigenvalue weighted by atomic mass is 28.4. The Bertz CT molecular complexity index is 1070. The molecule has 0 saturated carbocycles. The van der Waals surface area contributed by atoms with Crippen LogP contribution in [-0.4, -0.2) is 55.0 Å². The molecule has 1 saturated heterocycles. The van der Waals surface area contributed by atoms with E-state index in [-0.39, 0.29) is 34.5 Å². The summed E-state index contributed by atoms with van der Waals surface area (Å²) in [6.45, 7) is 25.1. The molecule has 1 fully saturated rings. The third-order valence-corrected chi connectivity index (χ3v) is 17.0. The number of allylic oxidation sites excluding steroid dienone is 1. The Morgan fingerprint density at radius 1 is 1.09 bits per heavy atom. The lowest BCUT2D eigenvalue weighted by atomic mass is 10.2. The number of anilines is 1. The second kappa shape index (κ2) is 9.70. The van der Waals surface area contributed by atoms with Gasteiger partial charge in [0.05, 0.1) is 24.7 Å². The highest BCUT2D eigenvalue weighted by Crippen LogP contribution is 2.43. The van der Waals surface area contributed by atoms with E-state index in [2.05, 4.69) is 82.7 Å². The molecular weight excluding hydrogens is 474 g/mol. The van der Waals surface area contributed by atoms with Gasteiger partial charge in [0, 0.05) is 6.42 Å². The van der Waals surface area contributed by atoms with E-state index in [4.69, 9.17) is 19.3 Å². The van der Waals surface area contributed by atoms with Crippen molar-refractivity contribution in [1.82, 2.24) is 19.5 Å². The van der Waals surface area contributed by atoms with Crippen LogP contribution in [0.2, 0.25) is 36.3 Å². The van der Waals surface area contributed by atoms with Crippen LogP contribution in [0, 0.1) is 0 Å². The number of imidazole rings is 1. The number of fused-ring (bicyclic) bond motifs is 1. The monoisotopic (exact) mass is 519 g/mol. The van der Waals surface area contributed by atoms with Crippen LogP contribution >= 0.6 is 0 Å². The fourth-order valence-electron chi connectivity index (χ4n) is 3.65. The number of nitrogens with two attached hydrogens (primary N) is 1. The number of rotatable bonds is 7. The first-order chi connectivity index (χ1) is 16.0. The third kappa shape index (κ3) is 5.88. The summed E-state index contributed by atoms with van der Waals surface area (Å²) in [4.78, 5) is 13.4. The SMILES string of the molecule is C/C=C\c1nc(N)nc2c1ncn2[C@H]1C[C@H](O[Si](C)(C)C(C)(C)C)[C@@H](CO[Si](C)(C)C(C)(C)C)O1. The van der Waals surface area contributed by atoms with Gasteiger partial charge < -0.3 is 19.3 Å². The zero-order valence-electron chi connectivity index (χ0n) is 23.5. The van der Waals surface area contributed by atoms with Gasteiger partial charge in [0.25, 0.3) is 0 Å². The first-order valence-corrected chi connectivity index (χ1v) is 18.4. The molecule has 1 aliphatic rings. The van der Waals surface area contributed by atoms with Crippen molar-refractivity contribution in [3.8, 4) is 0 Å². The van der Waals surface area contributed by atoms with E-state index in [9.17, 15) is 0 Å². The minimum atomic E-state index is -2.02. The van der Waals surface area contributed by atoms with Crippen molar-refractivity contribution in [3.63, 3.8) is 0 Å². The molecule has 0 spiro atoms. The van der Waals surface area contributed by atoms with E-state index in [1.807, 2.05) is 23.6 Å². The summed E-state index contributed by atoms with van der Waals surface area (Å²) in [6, 6.07) is 0. The molecule has 3 rings (SSSR count). The summed E-state index contributed by atoms with van der Waals surface area (Å²) in [7, 11) is -3.97. The Labute approximate surface area is 212 Å². The molecule has 0 radical (unpaired) electrons. The van der Waals surface area contributed by atoms with Gasteiger partial charge in [-0.1, -0.05) is 47.6 Å². The molecule has 2 aromatic heterocycles. The van der Waals surface area contributed by atoms with Crippen LogP contribution < -0.4 is 5.73 Å². The van der Waals surface area contributed by atoms with Gasteiger partial charge in [0.2, 0.25) is 5.95 Å². The lowest BCUT2D eigenvalue weighted by Gasteiger charge is -2.40. The van der Waals surface area contributed by atoms with Crippen molar-refractivity contribution < 1.29 is 13.6 Å². The average molecular weight is 520 g/mol. The van der Waals surface area contributed by atoms with Crippen molar-refractivity contribution in [2.75, 3.05) is 12.3 Å². The number of ether oxygens (including phenoxy) is 1. The highest BCUT2D eigenvalue weighted by Gasteiger charge is 2.46. The van der Waals surface area contributed by atoms with Crippen LogP contribution in [0.25, 0.3) is 17.2 Å². The molecule has 0 aromatic carbocycles. The molecule has 8 nitrogen and oxygen atoms in total. The van der Waals surface area contributed by atoms with Gasteiger partial charge >= 0.3 is 0 Å². The maximum atomic E-state index is 6.90. The Morgan fingerprint density at radius 3 is 2.29 bits per heavy atom. The Morgan fingerprint density at radius 2 is 1.71 bits per heavy atom. The number of nitrogens with zero attached hydrogens (tertiary/aromatic N) is 4. The molecule has 1 aliphatic heterocycles. The number of hydrogen-bond donors (Lipinski definition) is 1. The quantitative estimate of drug-likeness (QED) is 0.439. The molecule has 10 heteroatoms. The van der Waals surface area contributed by atoms with Crippen molar-refractivity contribution in [3.05, 3.63) is 18.1 Å². The van der Waals surface area contributed by atoms with Crippen LogP contribution in [0.5, 0.6) is 0 Å². The maximum absolute atomic E-state index is 6.90. The fraction of sp³-hybridized carbons (Fsp3) is 0.720. The predicted octanol–water partition coefficient (Wildman–Crippen LogP) is 6.14. The second-order valence-corrected chi connectivity index (χ2v) is 22.2. The third-order valence-electron chi connectivity index (χ3n) is 7.95. The van der Waals surface area contributed by atoms with Gasteiger partial charge in [0.1, 0.15) is 17.8 Å². The normalized spacial score (nSPS) is 22.5. The molecular formula is C25H45N5O3Si2. The van der Waals surface area contributed by atoms with Gasteiger partial charge in [0.15, 0.2) is 22.3 Å².